The third-order valence-electron chi connectivity index (χ3n) is 3.57. The molecule has 1 radical (unpaired) electrons. The second kappa shape index (κ2) is 7.64. The Morgan fingerprint density at radius 2 is 2.04 bits per heavy atom. The van der Waals surface area contributed by atoms with Gasteiger partial charge in [0.25, 0.3) is 5.91 Å². The van der Waals surface area contributed by atoms with Gasteiger partial charge in [-0.3, -0.25) is 19.3 Å². The van der Waals surface area contributed by atoms with E-state index in [1.165, 1.54) is 0 Å². The second-order valence-electron chi connectivity index (χ2n) is 5.13. The largest absolute Gasteiger partial charge is 0.480 e. The highest BCUT2D eigenvalue weighted by atomic mass is 16.5. The van der Waals surface area contributed by atoms with Gasteiger partial charge in [0.05, 0.1) is 6.61 Å². The summed E-state index contributed by atoms with van der Waals surface area (Å²) in [6.45, 7) is 0.0682. The minimum Gasteiger partial charge on any atom is -0.480 e. The maximum absolute atomic E-state index is 12.4. The number of nitrogens with zero attached hydrogens (tertiary/aromatic N) is 1. The molecule has 1 unspecified atom stereocenters. The van der Waals surface area contributed by atoms with E-state index in [2.05, 4.69) is 0 Å². The maximum atomic E-state index is 12.4. The minimum atomic E-state index is -1.25. The van der Waals surface area contributed by atoms with Crippen LogP contribution in [0.4, 0.5) is 0 Å². The third-order valence-corrected chi connectivity index (χ3v) is 3.57. The van der Waals surface area contributed by atoms with Crippen molar-refractivity contribution in [2.75, 3.05) is 0 Å². The van der Waals surface area contributed by atoms with Gasteiger partial charge in [0, 0.05) is 12.8 Å². The Morgan fingerprint density at radius 3 is 2.65 bits per heavy atom. The van der Waals surface area contributed by atoms with Gasteiger partial charge in [0.1, 0.15) is 12.1 Å². The lowest BCUT2D eigenvalue weighted by Gasteiger charge is -2.24. The summed E-state index contributed by atoms with van der Waals surface area (Å²) < 4.78 is 5.42. The predicted octanol–water partition coefficient (Wildman–Crippen LogP) is 0.674. The molecule has 7 heteroatoms. The van der Waals surface area contributed by atoms with Crippen molar-refractivity contribution >= 4 is 24.1 Å². The van der Waals surface area contributed by atoms with Gasteiger partial charge in [-0.1, -0.05) is 30.3 Å². The first-order valence-corrected chi connectivity index (χ1v) is 7.14. The molecule has 2 atom stereocenters. The topological polar surface area (TPSA) is 101 Å². The number of carboxylic acids is 1. The fourth-order valence-corrected chi connectivity index (χ4v) is 2.41. The van der Waals surface area contributed by atoms with Crippen molar-refractivity contribution in [2.45, 2.75) is 38.0 Å². The second-order valence-corrected chi connectivity index (χ2v) is 5.13. The zero-order valence-electron chi connectivity index (χ0n) is 12.3. The number of hydrogen-bond donors (Lipinski definition) is 1. The lowest BCUT2D eigenvalue weighted by molar-refractivity contribution is -0.159. The number of imide groups is 1. The normalized spacial score (nSPS) is 18.7. The van der Waals surface area contributed by atoms with Crippen LogP contribution in [0.15, 0.2) is 30.3 Å². The molecule has 1 saturated heterocycles. The molecule has 1 aliphatic rings. The number of amides is 2. The Kier molecular flexibility index (Phi) is 5.59. The van der Waals surface area contributed by atoms with Crippen molar-refractivity contribution in [3.63, 3.8) is 0 Å². The molecule has 0 aliphatic carbocycles. The molecule has 7 nitrogen and oxygen atoms in total. The molecule has 1 heterocycles. The van der Waals surface area contributed by atoms with Gasteiger partial charge in [-0.2, -0.15) is 0 Å². The number of aliphatic carboxylic acids is 1. The van der Waals surface area contributed by atoms with Crippen molar-refractivity contribution in [1.82, 2.24) is 4.90 Å². The van der Waals surface area contributed by atoms with Crippen LogP contribution in [-0.4, -0.2) is 46.2 Å². The summed E-state index contributed by atoms with van der Waals surface area (Å²) in [7, 11) is 0. The molecule has 0 saturated carbocycles. The van der Waals surface area contributed by atoms with Crippen LogP contribution in [0.2, 0.25) is 0 Å². The number of hydrogen-bond acceptors (Lipinski definition) is 5. The summed E-state index contributed by atoms with van der Waals surface area (Å²) >= 11 is 0. The van der Waals surface area contributed by atoms with Crippen LogP contribution in [0, 0.1) is 0 Å². The van der Waals surface area contributed by atoms with E-state index in [0.29, 0.717) is 4.90 Å². The molecule has 1 fully saturated rings. The monoisotopic (exact) mass is 318 g/mol. The molecule has 121 valence electrons. The van der Waals surface area contributed by atoms with Crippen LogP contribution in [-0.2, 0) is 30.5 Å². The Balaban J connectivity index is 2.09. The van der Waals surface area contributed by atoms with Crippen LogP contribution in [0.3, 0.4) is 0 Å². The highest BCUT2D eigenvalue weighted by molar-refractivity contribution is 6.03. The number of likely N-dealkylation sites (tertiary alicyclic amines) is 1. The Bertz CT molecular complexity index is 600. The Morgan fingerprint density at radius 1 is 1.35 bits per heavy atom. The van der Waals surface area contributed by atoms with E-state index in [9.17, 15) is 19.2 Å². The van der Waals surface area contributed by atoms with E-state index in [4.69, 9.17) is 9.84 Å². The van der Waals surface area contributed by atoms with Crippen LogP contribution >= 0.6 is 0 Å². The maximum Gasteiger partial charge on any atom is 0.326 e. The lowest BCUT2D eigenvalue weighted by atomic mass is 10.2. The quantitative estimate of drug-likeness (QED) is 0.793. The number of rotatable bonds is 7. The van der Waals surface area contributed by atoms with E-state index in [-0.39, 0.29) is 25.9 Å². The summed E-state index contributed by atoms with van der Waals surface area (Å²) in [6, 6.07) is 7.79. The molecule has 23 heavy (non-hydrogen) atoms. The number of benzene rings is 1. The van der Waals surface area contributed by atoms with E-state index in [0.717, 1.165) is 5.56 Å². The summed E-state index contributed by atoms with van der Waals surface area (Å²) in [5.74, 6) is -2.62. The highest BCUT2D eigenvalue weighted by Gasteiger charge is 2.42. The smallest absolute Gasteiger partial charge is 0.326 e. The zero-order chi connectivity index (χ0) is 16.8. The molecule has 1 N–H and O–H groups in total. The summed E-state index contributed by atoms with van der Waals surface area (Å²) in [5, 5.41) is 9.11. The minimum absolute atomic E-state index is 0.0150. The van der Waals surface area contributed by atoms with Crippen molar-refractivity contribution in [3.05, 3.63) is 35.9 Å². The lowest BCUT2D eigenvalue weighted by Crippen LogP contribution is -2.48. The molecule has 0 spiro atoms. The molecular formula is C16H16NO6. The average molecular weight is 318 g/mol. The van der Waals surface area contributed by atoms with Crippen LogP contribution in [0.5, 0.6) is 0 Å². The number of ether oxygens (including phenoxy) is 1. The van der Waals surface area contributed by atoms with E-state index in [1.807, 2.05) is 6.07 Å². The van der Waals surface area contributed by atoms with Crippen molar-refractivity contribution in [1.29, 1.82) is 0 Å². The third kappa shape index (κ3) is 4.01. The fraction of sp³-hybridized carbons (Fsp3) is 0.375. The molecule has 0 aromatic heterocycles. The summed E-state index contributed by atoms with van der Waals surface area (Å²) in [6.07, 6.45) is 0.0520. The first-order valence-electron chi connectivity index (χ1n) is 7.14. The van der Waals surface area contributed by atoms with Crippen molar-refractivity contribution in [2.24, 2.45) is 0 Å². The molecule has 1 aliphatic heterocycles. The van der Waals surface area contributed by atoms with Crippen molar-refractivity contribution < 1.29 is 29.0 Å². The van der Waals surface area contributed by atoms with Gasteiger partial charge in [0.2, 0.25) is 12.2 Å². The average Bonchev–Trinajstić information content (AvgIpc) is 2.93. The van der Waals surface area contributed by atoms with E-state index in [1.54, 1.807) is 30.6 Å². The summed E-state index contributed by atoms with van der Waals surface area (Å²) in [4.78, 5) is 46.7. The van der Waals surface area contributed by atoms with Gasteiger partial charge >= 0.3 is 5.97 Å². The van der Waals surface area contributed by atoms with Crippen LogP contribution in [0.25, 0.3) is 0 Å². The molecular weight excluding hydrogens is 302 g/mol. The zero-order valence-corrected chi connectivity index (χ0v) is 12.3. The number of carboxylic acid groups (broad SMARTS) is 1. The van der Waals surface area contributed by atoms with Crippen LogP contribution < -0.4 is 0 Å². The Hall–Kier alpha value is -2.54. The molecule has 1 aromatic rings. The van der Waals surface area contributed by atoms with Gasteiger partial charge < -0.3 is 9.84 Å². The fourth-order valence-electron chi connectivity index (χ4n) is 2.41. The summed E-state index contributed by atoms with van der Waals surface area (Å²) in [5.41, 5.74) is 0.790. The number of carbonyl (C=O) groups is 3. The van der Waals surface area contributed by atoms with E-state index >= 15 is 0 Å². The highest BCUT2D eigenvalue weighted by Crippen LogP contribution is 2.21. The molecule has 0 bridgehead atoms. The predicted molar refractivity (Wildman–Crippen MR) is 77.8 cm³/mol. The van der Waals surface area contributed by atoms with Crippen LogP contribution in [0.1, 0.15) is 24.8 Å². The molecule has 1 aromatic carbocycles. The van der Waals surface area contributed by atoms with Gasteiger partial charge in [-0.05, 0) is 12.0 Å². The van der Waals surface area contributed by atoms with Crippen molar-refractivity contribution in [3.8, 4) is 0 Å². The van der Waals surface area contributed by atoms with Gasteiger partial charge in [-0.25, -0.2) is 4.79 Å². The standard InChI is InChI=1S/C16H16NO6/c18-9-8-13(23-10-11-4-2-1-3-5-11)15(20)17-12(16(21)22)6-7-14(17)19/h1-5,12-13H,6-8,10H2,(H,21,22)/t12-,13?/m0/s1. The SMILES string of the molecule is O=[C]CC(OCc1ccccc1)C(=O)N1C(=O)CC[C@H]1C(=O)O. The number of carbonyl (C=O) groups excluding carboxylic acids is 3. The van der Waals surface area contributed by atoms with Gasteiger partial charge in [-0.15, -0.1) is 0 Å². The molecule has 2 rings (SSSR count). The molecule has 2 amide bonds. The van der Waals surface area contributed by atoms with Gasteiger partial charge in [0.15, 0.2) is 0 Å². The van der Waals surface area contributed by atoms with E-state index < -0.39 is 29.9 Å². The first-order chi connectivity index (χ1) is 11.0. The first kappa shape index (κ1) is 16.8. The Labute approximate surface area is 132 Å².